The molecular weight excluding hydrogens is 308 g/mol. The van der Waals surface area contributed by atoms with Crippen LogP contribution in [0.25, 0.3) is 0 Å². The Morgan fingerprint density at radius 1 is 0.900 bits per heavy atom. The highest BCUT2D eigenvalue weighted by Gasteiger charge is 2.32. The van der Waals surface area contributed by atoms with Crippen molar-refractivity contribution < 1.29 is 0 Å². The highest BCUT2D eigenvalue weighted by atomic mass is 79.9. The molecule has 0 amide bonds. The lowest BCUT2D eigenvalue weighted by molar-refractivity contribution is 0.598. The van der Waals surface area contributed by atoms with E-state index in [-0.39, 0.29) is 0 Å². The molecule has 0 radical (unpaired) electrons. The number of alkyl halides is 1. The number of rotatable bonds is 2. The minimum Gasteiger partial charge on any atom is -0.0832 e. The molecule has 0 N–H and O–H groups in total. The highest BCUT2D eigenvalue weighted by molar-refractivity contribution is 9.09. The van der Waals surface area contributed by atoms with Gasteiger partial charge in [-0.15, -0.1) is 0 Å². The largest absolute Gasteiger partial charge is 0.0832 e. The molecule has 20 heavy (non-hydrogen) atoms. The van der Waals surface area contributed by atoms with E-state index in [1.807, 2.05) is 0 Å². The summed E-state index contributed by atoms with van der Waals surface area (Å²) < 4.78 is 0. The predicted octanol–water partition coefficient (Wildman–Crippen LogP) is 5.34. The maximum absolute atomic E-state index is 3.96. The van der Waals surface area contributed by atoms with Crippen LogP contribution in [0.5, 0.6) is 0 Å². The van der Waals surface area contributed by atoms with E-state index in [0.717, 1.165) is 0 Å². The van der Waals surface area contributed by atoms with Gasteiger partial charge in [0.25, 0.3) is 0 Å². The Hall–Kier alpha value is -1.08. The van der Waals surface area contributed by atoms with E-state index in [0.29, 0.717) is 10.7 Å². The van der Waals surface area contributed by atoms with Gasteiger partial charge in [0.1, 0.15) is 0 Å². The molecule has 4 rings (SSSR count). The van der Waals surface area contributed by atoms with Crippen LogP contribution in [0.15, 0.2) is 42.5 Å². The van der Waals surface area contributed by atoms with Crippen LogP contribution in [0.3, 0.4) is 0 Å². The molecule has 0 nitrogen and oxygen atoms in total. The molecule has 2 aliphatic carbocycles. The summed E-state index contributed by atoms with van der Waals surface area (Å²) in [6.45, 7) is 0. The molecule has 0 saturated heterocycles. The average molecular weight is 327 g/mol. The summed E-state index contributed by atoms with van der Waals surface area (Å²) in [5.41, 5.74) is 7.69. The van der Waals surface area contributed by atoms with E-state index in [9.17, 15) is 0 Å². The van der Waals surface area contributed by atoms with E-state index in [1.54, 1.807) is 11.1 Å². The van der Waals surface area contributed by atoms with Gasteiger partial charge in [0.05, 0.1) is 0 Å². The molecule has 0 aliphatic heterocycles. The minimum atomic E-state index is 0.463. The monoisotopic (exact) mass is 326 g/mol. The first-order chi connectivity index (χ1) is 9.83. The molecule has 102 valence electrons. The standard InChI is InChI=1S/C19H19Br/c20-19(18-12-15-7-3-4-8-17(15)18)16-10-9-13-5-1-2-6-14(13)11-16/h3-4,7-11,18-19H,1-2,5-6,12H2. The molecule has 0 aromatic heterocycles. The molecule has 0 spiro atoms. The van der Waals surface area contributed by atoms with Crippen molar-refractivity contribution in [2.24, 2.45) is 0 Å². The lowest BCUT2D eigenvalue weighted by atomic mass is 9.74. The number of benzene rings is 2. The SMILES string of the molecule is BrC(c1ccc2c(c1)CCCC2)C1Cc2ccccc21. The molecule has 2 unspecified atom stereocenters. The minimum absolute atomic E-state index is 0.463. The molecule has 2 aliphatic rings. The maximum Gasteiger partial charge on any atom is 0.0467 e. The Balaban J connectivity index is 1.62. The van der Waals surface area contributed by atoms with Crippen LogP contribution in [-0.4, -0.2) is 0 Å². The van der Waals surface area contributed by atoms with Crippen molar-refractivity contribution in [3.8, 4) is 0 Å². The maximum atomic E-state index is 3.96. The second-order valence-corrected chi connectivity index (χ2v) is 7.13. The number of halogens is 1. The third-order valence-corrected chi connectivity index (χ3v) is 6.11. The van der Waals surface area contributed by atoms with Gasteiger partial charge in [-0.1, -0.05) is 58.4 Å². The van der Waals surface area contributed by atoms with Crippen molar-refractivity contribution in [3.05, 3.63) is 70.3 Å². The quantitative estimate of drug-likeness (QED) is 0.653. The first-order valence-corrected chi connectivity index (χ1v) is 8.58. The summed E-state index contributed by atoms with van der Waals surface area (Å²) >= 11 is 3.96. The van der Waals surface area contributed by atoms with Gasteiger partial charge in [0.2, 0.25) is 0 Å². The summed E-state index contributed by atoms with van der Waals surface area (Å²) in [5.74, 6) is 0.646. The van der Waals surface area contributed by atoms with Gasteiger partial charge in [0, 0.05) is 10.7 Å². The second kappa shape index (κ2) is 5.04. The van der Waals surface area contributed by atoms with Crippen molar-refractivity contribution in [1.82, 2.24) is 0 Å². The fourth-order valence-corrected chi connectivity index (χ4v) is 4.47. The fourth-order valence-electron chi connectivity index (χ4n) is 3.72. The molecule has 0 heterocycles. The predicted molar refractivity (Wildman–Crippen MR) is 87.6 cm³/mol. The summed E-state index contributed by atoms with van der Waals surface area (Å²) in [6.07, 6.45) is 6.47. The van der Waals surface area contributed by atoms with Crippen LogP contribution in [0.2, 0.25) is 0 Å². The van der Waals surface area contributed by atoms with Gasteiger partial charge >= 0.3 is 0 Å². The van der Waals surface area contributed by atoms with E-state index >= 15 is 0 Å². The zero-order valence-electron chi connectivity index (χ0n) is 11.6. The van der Waals surface area contributed by atoms with Gasteiger partial charge < -0.3 is 0 Å². The van der Waals surface area contributed by atoms with E-state index in [4.69, 9.17) is 0 Å². The van der Waals surface area contributed by atoms with Crippen LogP contribution >= 0.6 is 15.9 Å². The number of aryl methyl sites for hydroxylation is 2. The molecular formula is C19H19Br. The number of fused-ring (bicyclic) bond motifs is 2. The van der Waals surface area contributed by atoms with Gasteiger partial charge in [-0.3, -0.25) is 0 Å². The molecule has 2 aromatic rings. The molecule has 2 aromatic carbocycles. The van der Waals surface area contributed by atoms with Crippen LogP contribution in [-0.2, 0) is 19.3 Å². The topological polar surface area (TPSA) is 0 Å². The molecule has 2 atom stereocenters. The zero-order chi connectivity index (χ0) is 13.5. The van der Waals surface area contributed by atoms with Crippen LogP contribution in [0.1, 0.15) is 51.4 Å². The Bertz CT molecular complexity index is 644. The summed E-state index contributed by atoms with van der Waals surface area (Å²) in [4.78, 5) is 0.463. The molecule has 0 saturated carbocycles. The fraction of sp³-hybridized carbons (Fsp3) is 0.368. The number of hydrogen-bond donors (Lipinski definition) is 0. The Labute approximate surface area is 129 Å². The van der Waals surface area contributed by atoms with Crippen molar-refractivity contribution in [1.29, 1.82) is 0 Å². The Morgan fingerprint density at radius 2 is 1.70 bits per heavy atom. The van der Waals surface area contributed by atoms with E-state index < -0.39 is 0 Å². The van der Waals surface area contributed by atoms with Gasteiger partial charge in [-0.2, -0.15) is 0 Å². The number of hydrogen-bond acceptors (Lipinski definition) is 0. The second-order valence-electron chi connectivity index (χ2n) is 6.15. The lowest BCUT2D eigenvalue weighted by Crippen LogP contribution is -2.21. The summed E-state index contributed by atoms with van der Waals surface area (Å²) in [7, 11) is 0. The van der Waals surface area contributed by atoms with Gasteiger partial charge in [-0.25, -0.2) is 0 Å². The van der Waals surface area contributed by atoms with Gasteiger partial charge in [-0.05, 0) is 59.9 Å². The van der Waals surface area contributed by atoms with Crippen molar-refractivity contribution >= 4 is 15.9 Å². The Morgan fingerprint density at radius 3 is 2.55 bits per heavy atom. The van der Waals surface area contributed by atoms with E-state index in [2.05, 4.69) is 58.4 Å². The highest BCUT2D eigenvalue weighted by Crippen LogP contribution is 2.48. The molecule has 0 fully saturated rings. The third-order valence-electron chi connectivity index (χ3n) is 4.94. The third kappa shape index (κ3) is 2.03. The first kappa shape index (κ1) is 12.6. The first-order valence-electron chi connectivity index (χ1n) is 7.66. The average Bonchev–Trinajstić information content (AvgIpc) is 2.48. The van der Waals surface area contributed by atoms with Crippen LogP contribution < -0.4 is 0 Å². The zero-order valence-corrected chi connectivity index (χ0v) is 13.2. The van der Waals surface area contributed by atoms with Crippen molar-refractivity contribution in [3.63, 3.8) is 0 Å². The normalized spacial score (nSPS) is 21.6. The smallest absolute Gasteiger partial charge is 0.0467 e. The van der Waals surface area contributed by atoms with E-state index in [1.165, 1.54) is 48.8 Å². The summed E-state index contributed by atoms with van der Waals surface area (Å²) in [6, 6.07) is 16.0. The summed E-state index contributed by atoms with van der Waals surface area (Å²) in [5, 5.41) is 0. The van der Waals surface area contributed by atoms with Crippen molar-refractivity contribution in [2.45, 2.75) is 42.8 Å². The molecule has 0 bridgehead atoms. The Kier molecular flexibility index (Phi) is 3.18. The van der Waals surface area contributed by atoms with Crippen molar-refractivity contribution in [2.75, 3.05) is 0 Å². The molecule has 1 heteroatoms. The van der Waals surface area contributed by atoms with Crippen LogP contribution in [0.4, 0.5) is 0 Å². The lowest BCUT2D eigenvalue weighted by Gasteiger charge is -2.34. The van der Waals surface area contributed by atoms with Gasteiger partial charge in [0.15, 0.2) is 0 Å². The van der Waals surface area contributed by atoms with Crippen LogP contribution in [0, 0.1) is 0 Å².